The summed E-state index contributed by atoms with van der Waals surface area (Å²) in [4.78, 5) is 0. The van der Waals surface area contributed by atoms with Gasteiger partial charge in [-0.1, -0.05) is 11.6 Å². The molecule has 86 valence electrons. The highest BCUT2D eigenvalue weighted by Gasteiger charge is 2.05. The molecule has 0 aliphatic rings. The minimum Gasteiger partial charge on any atom is -0.492 e. The molecule has 0 aromatic heterocycles. The van der Waals surface area contributed by atoms with Gasteiger partial charge in [0.1, 0.15) is 12.4 Å². The molecule has 3 nitrogen and oxygen atoms in total. The number of rotatable bonds is 5. The molecule has 16 heavy (non-hydrogen) atoms. The molecule has 0 spiro atoms. The highest BCUT2D eigenvalue weighted by atomic mass is 35.5. The summed E-state index contributed by atoms with van der Waals surface area (Å²) in [6.45, 7) is 2.28. The number of ether oxygens (including phenoxy) is 1. The van der Waals surface area contributed by atoms with Crippen LogP contribution >= 0.6 is 11.6 Å². The predicted molar refractivity (Wildman–Crippen MR) is 66.1 cm³/mol. The second-order valence-corrected chi connectivity index (χ2v) is 3.70. The average Bonchev–Trinajstić information content (AvgIpc) is 2.32. The second-order valence-electron chi connectivity index (χ2n) is 3.26. The van der Waals surface area contributed by atoms with Crippen molar-refractivity contribution < 1.29 is 4.74 Å². The first-order valence-corrected chi connectivity index (χ1v) is 5.38. The van der Waals surface area contributed by atoms with Crippen LogP contribution in [0.4, 0.5) is 0 Å². The van der Waals surface area contributed by atoms with Crippen LogP contribution in [-0.2, 0) is 0 Å². The summed E-state index contributed by atoms with van der Waals surface area (Å²) in [5.41, 5.74) is 2.66. The first-order valence-electron chi connectivity index (χ1n) is 5.00. The van der Waals surface area contributed by atoms with E-state index in [1.165, 1.54) is 0 Å². The maximum Gasteiger partial charge on any atom is 0.119 e. The van der Waals surface area contributed by atoms with Crippen molar-refractivity contribution in [2.75, 3.05) is 6.61 Å². The van der Waals surface area contributed by atoms with Gasteiger partial charge in [-0.15, -0.1) is 11.8 Å². The molecule has 3 N–H and O–H groups in total. The normalized spacial score (nSPS) is 11.4. The third kappa shape index (κ3) is 4.54. The van der Waals surface area contributed by atoms with Crippen molar-refractivity contribution in [1.82, 2.24) is 5.43 Å². The van der Waals surface area contributed by atoms with E-state index in [1.54, 1.807) is 19.1 Å². The molecule has 0 amide bonds. The number of hydrogen-bond donors (Lipinski definition) is 2. The monoisotopic (exact) mass is 238 g/mol. The lowest BCUT2D eigenvalue weighted by Gasteiger charge is -2.14. The van der Waals surface area contributed by atoms with E-state index in [1.807, 2.05) is 12.1 Å². The molecule has 0 saturated heterocycles. The summed E-state index contributed by atoms with van der Waals surface area (Å²) >= 11 is 5.76. The third-order valence-electron chi connectivity index (χ3n) is 2.03. The van der Waals surface area contributed by atoms with Crippen molar-refractivity contribution in [1.29, 1.82) is 0 Å². The molecule has 0 bridgehead atoms. The fourth-order valence-electron chi connectivity index (χ4n) is 1.12. The Morgan fingerprint density at radius 1 is 1.44 bits per heavy atom. The van der Waals surface area contributed by atoms with Crippen LogP contribution in [0.2, 0.25) is 5.02 Å². The van der Waals surface area contributed by atoms with Crippen LogP contribution in [-0.4, -0.2) is 12.6 Å². The molecular formula is C12H15ClN2O. The van der Waals surface area contributed by atoms with Crippen LogP contribution in [0.15, 0.2) is 24.3 Å². The van der Waals surface area contributed by atoms with Gasteiger partial charge in [-0.25, -0.2) is 0 Å². The van der Waals surface area contributed by atoms with Crippen LogP contribution in [0.3, 0.4) is 0 Å². The molecule has 0 radical (unpaired) electrons. The molecule has 1 aromatic rings. The zero-order valence-electron chi connectivity index (χ0n) is 9.16. The Morgan fingerprint density at radius 3 is 2.69 bits per heavy atom. The molecule has 1 aromatic carbocycles. The van der Waals surface area contributed by atoms with Gasteiger partial charge in [0.15, 0.2) is 0 Å². The second kappa shape index (κ2) is 7.13. The van der Waals surface area contributed by atoms with E-state index in [0.717, 1.165) is 5.75 Å². The Kier molecular flexibility index (Phi) is 5.73. The van der Waals surface area contributed by atoms with E-state index in [4.69, 9.17) is 22.2 Å². The fraction of sp³-hybridized carbons (Fsp3) is 0.333. The van der Waals surface area contributed by atoms with E-state index in [9.17, 15) is 0 Å². The minimum absolute atomic E-state index is 0.0307. The average molecular weight is 239 g/mol. The fourth-order valence-corrected chi connectivity index (χ4v) is 1.24. The molecular weight excluding hydrogens is 224 g/mol. The maximum absolute atomic E-state index is 5.76. The Morgan fingerprint density at radius 2 is 2.12 bits per heavy atom. The number of benzene rings is 1. The third-order valence-corrected chi connectivity index (χ3v) is 2.28. The zero-order valence-corrected chi connectivity index (χ0v) is 9.92. The zero-order chi connectivity index (χ0) is 11.8. The van der Waals surface area contributed by atoms with Gasteiger partial charge < -0.3 is 4.74 Å². The predicted octanol–water partition coefficient (Wildman–Crippen LogP) is 1.96. The molecule has 1 unspecified atom stereocenters. The summed E-state index contributed by atoms with van der Waals surface area (Å²) in [6, 6.07) is 7.24. The van der Waals surface area contributed by atoms with Crippen LogP contribution in [0, 0.1) is 11.8 Å². The summed E-state index contributed by atoms with van der Waals surface area (Å²) in [6.07, 6.45) is 0.667. The van der Waals surface area contributed by atoms with Crippen molar-refractivity contribution in [2.24, 2.45) is 5.84 Å². The van der Waals surface area contributed by atoms with Crippen molar-refractivity contribution in [3.05, 3.63) is 29.3 Å². The van der Waals surface area contributed by atoms with E-state index in [-0.39, 0.29) is 6.04 Å². The van der Waals surface area contributed by atoms with Gasteiger partial charge >= 0.3 is 0 Å². The lowest BCUT2D eigenvalue weighted by Crippen LogP contribution is -2.39. The van der Waals surface area contributed by atoms with Crippen LogP contribution < -0.4 is 16.0 Å². The van der Waals surface area contributed by atoms with Crippen molar-refractivity contribution in [3.63, 3.8) is 0 Å². The number of nitrogens with one attached hydrogen (secondary N) is 1. The van der Waals surface area contributed by atoms with Crippen molar-refractivity contribution in [3.8, 4) is 17.6 Å². The Bertz CT molecular complexity index is 367. The van der Waals surface area contributed by atoms with E-state index in [0.29, 0.717) is 18.1 Å². The van der Waals surface area contributed by atoms with Crippen LogP contribution in [0.1, 0.15) is 13.3 Å². The van der Waals surface area contributed by atoms with Gasteiger partial charge in [0.25, 0.3) is 0 Å². The van der Waals surface area contributed by atoms with Crippen LogP contribution in [0.25, 0.3) is 0 Å². The maximum atomic E-state index is 5.76. The smallest absolute Gasteiger partial charge is 0.119 e. The molecule has 4 heteroatoms. The standard InChI is InChI=1S/C12H15ClN2O/c1-2-3-4-11(15-14)9-16-12-7-5-10(13)6-8-12/h5-8,11,15H,4,9,14H2,1H3. The highest BCUT2D eigenvalue weighted by molar-refractivity contribution is 6.30. The van der Waals surface area contributed by atoms with Crippen molar-refractivity contribution in [2.45, 2.75) is 19.4 Å². The number of hydrazine groups is 1. The Balaban J connectivity index is 2.41. The lowest BCUT2D eigenvalue weighted by atomic mass is 10.2. The molecule has 0 aliphatic heterocycles. The van der Waals surface area contributed by atoms with Gasteiger partial charge in [-0.2, -0.15) is 0 Å². The quantitative estimate of drug-likeness (QED) is 0.468. The van der Waals surface area contributed by atoms with E-state index >= 15 is 0 Å². The molecule has 1 rings (SSSR count). The van der Waals surface area contributed by atoms with Crippen LogP contribution in [0.5, 0.6) is 5.75 Å². The summed E-state index contributed by atoms with van der Waals surface area (Å²) < 4.78 is 5.54. The lowest BCUT2D eigenvalue weighted by molar-refractivity contribution is 0.267. The van der Waals surface area contributed by atoms with Crippen molar-refractivity contribution >= 4 is 11.6 Å². The summed E-state index contributed by atoms with van der Waals surface area (Å²) in [5.74, 6) is 11.9. The largest absolute Gasteiger partial charge is 0.492 e. The highest BCUT2D eigenvalue weighted by Crippen LogP contribution is 2.15. The molecule has 1 atom stereocenters. The first-order chi connectivity index (χ1) is 7.76. The summed E-state index contributed by atoms with van der Waals surface area (Å²) in [5, 5.41) is 0.692. The molecule has 0 aliphatic carbocycles. The first kappa shape index (κ1) is 12.9. The number of halogens is 1. The van der Waals surface area contributed by atoms with Gasteiger partial charge in [-0.05, 0) is 31.2 Å². The topological polar surface area (TPSA) is 47.3 Å². The van der Waals surface area contributed by atoms with E-state index in [2.05, 4.69) is 17.3 Å². The van der Waals surface area contributed by atoms with Gasteiger partial charge in [0, 0.05) is 11.4 Å². The molecule has 0 fully saturated rings. The number of hydrogen-bond acceptors (Lipinski definition) is 3. The Labute approximate surface area is 101 Å². The molecule has 0 heterocycles. The summed E-state index contributed by atoms with van der Waals surface area (Å²) in [7, 11) is 0. The van der Waals surface area contributed by atoms with E-state index < -0.39 is 0 Å². The van der Waals surface area contributed by atoms with Gasteiger partial charge in [0.05, 0.1) is 6.04 Å². The number of nitrogens with two attached hydrogens (primary N) is 1. The van der Waals surface area contributed by atoms with Gasteiger partial charge in [0.2, 0.25) is 0 Å². The Hall–Kier alpha value is -1.21. The minimum atomic E-state index is 0.0307. The van der Waals surface area contributed by atoms with Gasteiger partial charge in [-0.3, -0.25) is 11.3 Å². The SMILES string of the molecule is CC#CCC(COc1ccc(Cl)cc1)NN. The molecule has 0 saturated carbocycles.